The summed E-state index contributed by atoms with van der Waals surface area (Å²) in [5, 5.41) is 0. The Bertz CT molecular complexity index is 454. The SMILES string of the molecule is Cc1ccn[c]([Ni][c]2ccccn2)c1C. The van der Waals surface area contributed by atoms with E-state index in [4.69, 9.17) is 0 Å². The van der Waals surface area contributed by atoms with E-state index in [2.05, 4.69) is 23.8 Å². The minimum atomic E-state index is 1.01. The van der Waals surface area contributed by atoms with E-state index in [0.29, 0.717) is 0 Å². The van der Waals surface area contributed by atoms with Crippen LogP contribution < -0.4 is 9.33 Å². The minimum absolute atomic E-state index is 1.01. The second kappa shape index (κ2) is 4.54. The number of hydrogen-bond donors (Lipinski definition) is 0. The summed E-state index contributed by atoms with van der Waals surface area (Å²) in [6.45, 7) is 4.20. The van der Waals surface area contributed by atoms with E-state index in [9.17, 15) is 0 Å². The molecule has 2 nitrogen and oxygen atoms in total. The molecule has 0 saturated heterocycles. The molecule has 0 aliphatic heterocycles. The van der Waals surface area contributed by atoms with E-state index in [0.717, 1.165) is 9.33 Å². The van der Waals surface area contributed by atoms with Crippen LogP contribution in [-0.2, 0) is 14.4 Å². The Morgan fingerprint density at radius 2 is 1.87 bits per heavy atom. The van der Waals surface area contributed by atoms with Crippen LogP contribution >= 0.6 is 0 Å². The summed E-state index contributed by atoms with van der Waals surface area (Å²) in [6, 6.07) is 7.94. The number of rotatable bonds is 2. The molecule has 15 heavy (non-hydrogen) atoms. The molecule has 0 saturated carbocycles. The Balaban J connectivity index is 2.29. The van der Waals surface area contributed by atoms with E-state index >= 15 is 0 Å². The van der Waals surface area contributed by atoms with Crippen molar-refractivity contribution in [3.8, 4) is 0 Å². The first kappa shape index (κ1) is 10.3. The van der Waals surface area contributed by atoms with Gasteiger partial charge in [-0.2, -0.15) is 0 Å². The fourth-order valence-corrected chi connectivity index (χ4v) is 2.19. The molecule has 80 valence electrons. The van der Waals surface area contributed by atoms with Crippen LogP contribution in [0.15, 0.2) is 36.7 Å². The van der Waals surface area contributed by atoms with Crippen LogP contribution in [0.5, 0.6) is 0 Å². The van der Waals surface area contributed by atoms with Crippen LogP contribution in [-0.4, -0.2) is 9.97 Å². The standard InChI is InChI=1S/C7H8N.C5H4N.Ni/c1-6-3-4-8-5-7(6)2;1-2-4-6-5-3-1;/h3-4H,1-2H3;1-4H;. The van der Waals surface area contributed by atoms with Gasteiger partial charge in [0.05, 0.1) is 0 Å². The topological polar surface area (TPSA) is 25.8 Å². The molecule has 0 aliphatic carbocycles. The Morgan fingerprint density at radius 3 is 2.60 bits per heavy atom. The third-order valence-corrected chi connectivity index (χ3v) is 3.43. The summed E-state index contributed by atoms with van der Waals surface area (Å²) in [7, 11) is 0. The normalized spacial score (nSPS) is 10.5. The molecule has 0 unspecified atom stereocenters. The van der Waals surface area contributed by atoms with Crippen molar-refractivity contribution in [2.24, 2.45) is 0 Å². The molecule has 2 aromatic heterocycles. The molecule has 2 rings (SSSR count). The van der Waals surface area contributed by atoms with Crippen molar-refractivity contribution in [2.75, 3.05) is 0 Å². The Hall–Kier alpha value is -1.21. The Kier molecular flexibility index (Phi) is 3.12. The van der Waals surface area contributed by atoms with Gasteiger partial charge >= 0.3 is 95.4 Å². The Labute approximate surface area is 95.6 Å². The average molecular weight is 243 g/mol. The van der Waals surface area contributed by atoms with Gasteiger partial charge in [-0.25, -0.2) is 0 Å². The summed E-state index contributed by atoms with van der Waals surface area (Å²) >= 11 is 1.41. The van der Waals surface area contributed by atoms with Crippen LogP contribution in [0.25, 0.3) is 0 Å². The maximum absolute atomic E-state index is 4.37. The van der Waals surface area contributed by atoms with Crippen LogP contribution in [0.3, 0.4) is 0 Å². The van der Waals surface area contributed by atoms with Gasteiger partial charge in [0.25, 0.3) is 0 Å². The predicted octanol–water partition coefficient (Wildman–Crippen LogP) is 1.13. The number of aromatic nitrogens is 2. The van der Waals surface area contributed by atoms with E-state index in [1.54, 1.807) is 6.20 Å². The molecule has 0 bridgehead atoms. The molecule has 0 fully saturated rings. The summed E-state index contributed by atoms with van der Waals surface area (Å²) < 4.78 is 2.06. The molecule has 0 aliphatic rings. The van der Waals surface area contributed by atoms with Crippen molar-refractivity contribution in [3.05, 3.63) is 47.8 Å². The number of aryl methyl sites for hydroxylation is 1. The fourth-order valence-electron chi connectivity index (χ4n) is 1.12. The van der Waals surface area contributed by atoms with Crippen LogP contribution in [0.2, 0.25) is 0 Å². The zero-order chi connectivity index (χ0) is 10.7. The molecule has 0 N–H and O–H groups in total. The molecule has 0 aromatic carbocycles. The molecular formula is C12H12N2Ni. The molecule has 0 atom stereocenters. The first-order valence-corrected chi connectivity index (χ1v) is 5.68. The monoisotopic (exact) mass is 242 g/mol. The number of pyridine rings is 2. The van der Waals surface area contributed by atoms with E-state index in [1.807, 2.05) is 30.5 Å². The van der Waals surface area contributed by atoms with Gasteiger partial charge in [0.15, 0.2) is 0 Å². The van der Waals surface area contributed by atoms with E-state index in [1.165, 1.54) is 25.6 Å². The first-order chi connectivity index (χ1) is 7.27. The van der Waals surface area contributed by atoms with E-state index in [-0.39, 0.29) is 0 Å². The van der Waals surface area contributed by atoms with Gasteiger partial charge in [0, 0.05) is 0 Å². The third-order valence-electron chi connectivity index (χ3n) is 2.15. The van der Waals surface area contributed by atoms with Crippen molar-refractivity contribution in [2.45, 2.75) is 13.8 Å². The molecule has 0 radical (unpaired) electrons. The molecule has 0 spiro atoms. The van der Waals surface area contributed by atoms with Gasteiger partial charge in [-0.05, 0) is 0 Å². The zero-order valence-corrected chi connectivity index (χ0v) is 9.66. The van der Waals surface area contributed by atoms with Crippen molar-refractivity contribution < 1.29 is 14.4 Å². The van der Waals surface area contributed by atoms with Gasteiger partial charge in [0.2, 0.25) is 0 Å². The summed E-state index contributed by atoms with van der Waals surface area (Å²) in [4.78, 5) is 8.64. The van der Waals surface area contributed by atoms with Crippen molar-refractivity contribution in [3.63, 3.8) is 0 Å². The second-order valence-corrected chi connectivity index (χ2v) is 4.43. The summed E-state index contributed by atoms with van der Waals surface area (Å²) in [5.74, 6) is 0. The van der Waals surface area contributed by atoms with Crippen molar-refractivity contribution in [1.29, 1.82) is 0 Å². The van der Waals surface area contributed by atoms with Crippen LogP contribution in [0, 0.1) is 13.8 Å². The molecule has 2 heterocycles. The van der Waals surface area contributed by atoms with Gasteiger partial charge in [-0.1, -0.05) is 0 Å². The van der Waals surface area contributed by atoms with Gasteiger partial charge in [-0.15, -0.1) is 0 Å². The van der Waals surface area contributed by atoms with Gasteiger partial charge in [-0.3, -0.25) is 0 Å². The average Bonchev–Trinajstić information content (AvgIpc) is 2.26. The maximum atomic E-state index is 4.37. The fraction of sp³-hybridized carbons (Fsp3) is 0.167. The first-order valence-electron chi connectivity index (χ1n) is 4.69. The van der Waals surface area contributed by atoms with Gasteiger partial charge < -0.3 is 0 Å². The van der Waals surface area contributed by atoms with Crippen LogP contribution in [0.1, 0.15) is 11.1 Å². The summed E-state index contributed by atoms with van der Waals surface area (Å²) in [5.41, 5.74) is 2.51. The molecule has 2 aromatic rings. The zero-order valence-electron chi connectivity index (χ0n) is 8.67. The van der Waals surface area contributed by atoms with Crippen molar-refractivity contribution in [1.82, 2.24) is 9.97 Å². The molecule has 3 heteroatoms. The number of hydrogen-bond acceptors (Lipinski definition) is 2. The second-order valence-electron chi connectivity index (χ2n) is 3.21. The quantitative estimate of drug-likeness (QED) is 0.738. The predicted molar refractivity (Wildman–Crippen MR) is 57.2 cm³/mol. The third kappa shape index (κ3) is 2.42. The van der Waals surface area contributed by atoms with E-state index < -0.39 is 0 Å². The van der Waals surface area contributed by atoms with Gasteiger partial charge in [0.1, 0.15) is 0 Å². The molecule has 0 amide bonds. The van der Waals surface area contributed by atoms with Crippen LogP contribution in [0.4, 0.5) is 0 Å². The Morgan fingerprint density at radius 1 is 1.00 bits per heavy atom. The van der Waals surface area contributed by atoms with Crippen molar-refractivity contribution >= 4 is 9.33 Å². The summed E-state index contributed by atoms with van der Waals surface area (Å²) in [6.07, 6.45) is 3.65. The molecular weight excluding hydrogens is 231 g/mol. The number of nitrogens with zero attached hydrogens (tertiary/aromatic N) is 2.